The predicted octanol–water partition coefficient (Wildman–Crippen LogP) is 3.14. The summed E-state index contributed by atoms with van der Waals surface area (Å²) in [4.78, 5) is 11.5. The maximum Gasteiger partial charge on any atom is 0.306 e. The van der Waals surface area contributed by atoms with Crippen LogP contribution in [0.25, 0.3) is 0 Å². The van der Waals surface area contributed by atoms with Crippen molar-refractivity contribution in [1.82, 2.24) is 0 Å². The van der Waals surface area contributed by atoms with E-state index < -0.39 is 5.60 Å². The number of carbonyl (C=O) groups is 1. The van der Waals surface area contributed by atoms with Gasteiger partial charge in [0.05, 0.1) is 0 Å². The van der Waals surface area contributed by atoms with E-state index >= 15 is 0 Å². The van der Waals surface area contributed by atoms with E-state index in [4.69, 9.17) is 4.74 Å². The van der Waals surface area contributed by atoms with Crippen LogP contribution in [0.4, 0.5) is 0 Å². The fourth-order valence-electron chi connectivity index (χ4n) is 1.34. The molecule has 1 rings (SSSR count). The quantitative estimate of drug-likeness (QED) is 0.730. The minimum Gasteiger partial charge on any atom is -0.460 e. The number of rotatable bonds is 3. The zero-order chi connectivity index (χ0) is 12.2. The molecule has 0 fully saturated rings. The Morgan fingerprint density at radius 1 is 1.25 bits per heavy atom. The van der Waals surface area contributed by atoms with Crippen molar-refractivity contribution in [3.63, 3.8) is 0 Å². The van der Waals surface area contributed by atoms with E-state index in [-0.39, 0.29) is 5.97 Å². The van der Waals surface area contributed by atoms with Crippen LogP contribution in [-0.4, -0.2) is 11.6 Å². The third-order valence-electron chi connectivity index (χ3n) is 2.06. The van der Waals surface area contributed by atoms with Crippen LogP contribution < -0.4 is 0 Å². The largest absolute Gasteiger partial charge is 0.460 e. The Bertz CT molecular complexity index is 344. The van der Waals surface area contributed by atoms with E-state index in [1.165, 1.54) is 0 Å². The third kappa shape index (κ3) is 4.96. The molecule has 16 heavy (non-hydrogen) atoms. The number of aryl methyl sites for hydroxylation is 1. The standard InChI is InChI=1S/C14H19O2/c1-11-5-7-12(8-6-11)9-10-13(15)16-14(2,3)4/h5-8H,1,9-10H2,2-4H3. The second kappa shape index (κ2) is 5.15. The Balaban J connectivity index is 2.40. The fraction of sp³-hybridized carbons (Fsp3) is 0.429. The van der Waals surface area contributed by atoms with Crippen LogP contribution in [-0.2, 0) is 16.0 Å². The number of hydrogen-bond acceptors (Lipinski definition) is 2. The van der Waals surface area contributed by atoms with Crippen LogP contribution in [0.5, 0.6) is 0 Å². The fourth-order valence-corrected chi connectivity index (χ4v) is 1.34. The summed E-state index contributed by atoms with van der Waals surface area (Å²) in [7, 11) is 0. The second-order valence-corrected chi connectivity index (χ2v) is 4.90. The number of benzene rings is 1. The van der Waals surface area contributed by atoms with Gasteiger partial charge in [-0.05, 0) is 45.2 Å². The van der Waals surface area contributed by atoms with Crippen LogP contribution in [0.2, 0.25) is 0 Å². The van der Waals surface area contributed by atoms with Crippen molar-refractivity contribution in [2.75, 3.05) is 0 Å². The Morgan fingerprint density at radius 3 is 2.31 bits per heavy atom. The van der Waals surface area contributed by atoms with E-state index in [0.29, 0.717) is 6.42 Å². The lowest BCUT2D eigenvalue weighted by Crippen LogP contribution is -2.23. The Morgan fingerprint density at radius 2 is 1.81 bits per heavy atom. The van der Waals surface area contributed by atoms with E-state index in [1.54, 1.807) is 0 Å². The van der Waals surface area contributed by atoms with Gasteiger partial charge in [0.15, 0.2) is 0 Å². The van der Waals surface area contributed by atoms with Crippen molar-refractivity contribution in [2.45, 2.75) is 39.2 Å². The lowest BCUT2D eigenvalue weighted by Gasteiger charge is -2.19. The molecule has 0 atom stereocenters. The van der Waals surface area contributed by atoms with E-state index in [0.717, 1.165) is 17.5 Å². The normalized spacial score (nSPS) is 11.2. The molecule has 0 saturated carbocycles. The van der Waals surface area contributed by atoms with E-state index in [9.17, 15) is 4.79 Å². The molecule has 0 bridgehead atoms. The Hall–Kier alpha value is -1.31. The van der Waals surface area contributed by atoms with Gasteiger partial charge < -0.3 is 4.74 Å². The van der Waals surface area contributed by atoms with Crippen LogP contribution in [0.15, 0.2) is 24.3 Å². The van der Waals surface area contributed by atoms with Gasteiger partial charge in [-0.1, -0.05) is 24.3 Å². The molecule has 0 unspecified atom stereocenters. The minimum absolute atomic E-state index is 0.147. The monoisotopic (exact) mass is 219 g/mol. The smallest absolute Gasteiger partial charge is 0.306 e. The van der Waals surface area contributed by atoms with Crippen LogP contribution in [0, 0.1) is 6.92 Å². The molecule has 87 valence electrons. The number of hydrogen-bond donors (Lipinski definition) is 0. The molecule has 0 aliphatic carbocycles. The summed E-state index contributed by atoms with van der Waals surface area (Å²) in [5, 5.41) is 0. The van der Waals surface area contributed by atoms with Crippen LogP contribution in [0.1, 0.15) is 38.3 Å². The average Bonchev–Trinajstić information content (AvgIpc) is 2.14. The van der Waals surface area contributed by atoms with E-state index in [1.807, 2.05) is 45.0 Å². The molecule has 0 aliphatic rings. The van der Waals surface area contributed by atoms with Crippen LogP contribution in [0.3, 0.4) is 0 Å². The van der Waals surface area contributed by atoms with Crippen molar-refractivity contribution >= 4 is 5.97 Å². The molecule has 0 aromatic heterocycles. The number of ether oxygens (including phenoxy) is 1. The molecule has 0 aliphatic heterocycles. The minimum atomic E-state index is -0.395. The number of esters is 1. The summed E-state index contributed by atoms with van der Waals surface area (Å²) in [6.45, 7) is 9.45. The lowest BCUT2D eigenvalue weighted by atomic mass is 10.1. The highest BCUT2D eigenvalue weighted by Crippen LogP contribution is 2.11. The third-order valence-corrected chi connectivity index (χ3v) is 2.06. The van der Waals surface area contributed by atoms with Crippen LogP contribution >= 0.6 is 0 Å². The van der Waals surface area contributed by atoms with Crippen molar-refractivity contribution in [1.29, 1.82) is 0 Å². The summed E-state index contributed by atoms with van der Waals surface area (Å²) in [5.41, 5.74) is 1.73. The summed E-state index contributed by atoms with van der Waals surface area (Å²) < 4.78 is 5.23. The first-order chi connectivity index (χ1) is 7.37. The maximum atomic E-state index is 11.5. The van der Waals surface area contributed by atoms with Gasteiger partial charge in [0.2, 0.25) is 0 Å². The molecule has 0 N–H and O–H groups in total. The molecule has 0 saturated heterocycles. The maximum absolute atomic E-state index is 11.5. The van der Waals surface area contributed by atoms with Crippen molar-refractivity contribution in [3.8, 4) is 0 Å². The second-order valence-electron chi connectivity index (χ2n) is 4.90. The first kappa shape index (κ1) is 12.8. The average molecular weight is 219 g/mol. The lowest BCUT2D eigenvalue weighted by molar-refractivity contribution is -0.154. The molecule has 0 amide bonds. The molecule has 2 nitrogen and oxygen atoms in total. The first-order valence-electron chi connectivity index (χ1n) is 5.49. The van der Waals surface area contributed by atoms with Gasteiger partial charge in [-0.3, -0.25) is 4.79 Å². The van der Waals surface area contributed by atoms with Gasteiger partial charge in [-0.25, -0.2) is 0 Å². The number of carbonyl (C=O) groups excluding carboxylic acids is 1. The van der Waals surface area contributed by atoms with Crippen molar-refractivity contribution < 1.29 is 9.53 Å². The highest BCUT2D eigenvalue weighted by Gasteiger charge is 2.15. The predicted molar refractivity (Wildman–Crippen MR) is 65.1 cm³/mol. The molecule has 0 spiro atoms. The molecular weight excluding hydrogens is 200 g/mol. The van der Waals surface area contributed by atoms with Gasteiger partial charge in [-0.2, -0.15) is 0 Å². The first-order valence-corrected chi connectivity index (χ1v) is 5.49. The van der Waals surface area contributed by atoms with Gasteiger partial charge in [0, 0.05) is 6.42 Å². The molecule has 1 aromatic carbocycles. The van der Waals surface area contributed by atoms with Crippen molar-refractivity contribution in [3.05, 3.63) is 42.3 Å². The summed E-state index contributed by atoms with van der Waals surface area (Å²) >= 11 is 0. The topological polar surface area (TPSA) is 26.3 Å². The highest BCUT2D eigenvalue weighted by atomic mass is 16.6. The zero-order valence-electron chi connectivity index (χ0n) is 10.2. The molecule has 0 heterocycles. The zero-order valence-corrected chi connectivity index (χ0v) is 10.2. The highest BCUT2D eigenvalue weighted by molar-refractivity contribution is 5.70. The van der Waals surface area contributed by atoms with Gasteiger partial charge in [0.25, 0.3) is 0 Å². The van der Waals surface area contributed by atoms with Gasteiger partial charge in [-0.15, -0.1) is 0 Å². The Kier molecular flexibility index (Phi) is 4.11. The molecule has 1 radical (unpaired) electrons. The van der Waals surface area contributed by atoms with Gasteiger partial charge >= 0.3 is 5.97 Å². The Labute approximate surface area is 97.6 Å². The van der Waals surface area contributed by atoms with Gasteiger partial charge in [0.1, 0.15) is 5.60 Å². The summed E-state index contributed by atoms with van der Waals surface area (Å²) in [5.74, 6) is -0.147. The summed E-state index contributed by atoms with van der Waals surface area (Å²) in [6, 6.07) is 7.88. The molecule has 2 heteroatoms. The van der Waals surface area contributed by atoms with Crippen molar-refractivity contribution in [2.24, 2.45) is 0 Å². The van der Waals surface area contributed by atoms with E-state index in [2.05, 4.69) is 6.92 Å². The molecular formula is C14H19O2. The molecule has 1 aromatic rings. The summed E-state index contributed by atoms with van der Waals surface area (Å²) in [6.07, 6.45) is 1.14. The SMILES string of the molecule is [CH2]c1ccc(CCC(=O)OC(C)(C)C)cc1.